The molecule has 13 nitrogen and oxygen atoms in total. The number of benzene rings is 1. The van der Waals surface area contributed by atoms with E-state index in [1.165, 1.54) is 4.90 Å². The van der Waals surface area contributed by atoms with Crippen molar-refractivity contribution in [2.45, 2.75) is 121 Å². The lowest BCUT2D eigenvalue weighted by atomic mass is 9.85. The van der Waals surface area contributed by atoms with Crippen LogP contribution >= 0.6 is 11.6 Å². The number of amides is 4. The van der Waals surface area contributed by atoms with Crippen molar-refractivity contribution in [3.8, 4) is 0 Å². The summed E-state index contributed by atoms with van der Waals surface area (Å²) in [4.78, 5) is 74.8. The molecule has 49 heavy (non-hydrogen) atoms. The number of carbonyl (C=O) groups is 5. The van der Waals surface area contributed by atoms with Gasteiger partial charge >= 0.3 is 6.09 Å². The Bertz CT molecular complexity index is 1450. The van der Waals surface area contributed by atoms with Gasteiger partial charge in [0.25, 0.3) is 5.91 Å². The third kappa shape index (κ3) is 9.30. The molecule has 3 N–H and O–H groups in total. The highest BCUT2D eigenvalue weighted by molar-refractivity contribution is 6.38. The van der Waals surface area contributed by atoms with Crippen molar-refractivity contribution in [3.63, 3.8) is 0 Å². The molecule has 268 valence electrons. The smallest absolute Gasteiger partial charge is 0.407 e. The average molecular weight is 702 g/mol. The fraction of sp³-hybridized carbons (Fsp3) is 0.657. The van der Waals surface area contributed by atoms with Gasteiger partial charge in [-0.15, -0.1) is 0 Å². The zero-order chi connectivity index (χ0) is 35.3. The van der Waals surface area contributed by atoms with Gasteiger partial charge < -0.3 is 35.2 Å². The first-order chi connectivity index (χ1) is 23.3. The summed E-state index contributed by atoms with van der Waals surface area (Å²) in [6.45, 7) is 7.94. The molecule has 5 atom stereocenters. The standard InChI is InChI=1S/C35H48ClN5O8/c1-5-9-25(28(42)31(44)37-23-13-14-23)38-30(43)27-18-35(17-26(40-49-35)21-10-8-11-22(36)16-21)20-41(27)32(45)29(34(2,3)4)39-33(46)48-19-24-12-6-7-15-47-24/h8,10-11,16,23-25,27,29H,5-7,9,12-15,17-20H2,1-4H3,(H,37,44)(H,38,43)(H,39,46)/t24?,25-,27-,29+,35+/m0/s1. The number of oxime groups is 1. The molecule has 3 fully saturated rings. The summed E-state index contributed by atoms with van der Waals surface area (Å²) in [6, 6.07) is 3.92. The molecule has 0 radical (unpaired) electrons. The molecule has 1 unspecified atom stereocenters. The van der Waals surface area contributed by atoms with Crippen LogP contribution in [0.25, 0.3) is 0 Å². The fourth-order valence-electron chi connectivity index (χ4n) is 6.50. The maximum absolute atomic E-state index is 14.5. The summed E-state index contributed by atoms with van der Waals surface area (Å²) in [5, 5.41) is 13.1. The van der Waals surface area contributed by atoms with Gasteiger partial charge in [-0.1, -0.05) is 63.0 Å². The first kappa shape index (κ1) is 36.6. The van der Waals surface area contributed by atoms with Gasteiger partial charge in [0, 0.05) is 36.1 Å². The van der Waals surface area contributed by atoms with Crippen LogP contribution in [0.2, 0.25) is 5.02 Å². The zero-order valence-corrected chi connectivity index (χ0v) is 29.5. The number of likely N-dealkylation sites (tertiary alicyclic amines) is 1. The van der Waals surface area contributed by atoms with Gasteiger partial charge in [-0.05, 0) is 56.1 Å². The van der Waals surface area contributed by atoms with Crippen LogP contribution < -0.4 is 16.0 Å². The highest BCUT2D eigenvalue weighted by Crippen LogP contribution is 2.40. The minimum atomic E-state index is -1.08. The molecule has 1 saturated carbocycles. The van der Waals surface area contributed by atoms with E-state index in [2.05, 4.69) is 21.1 Å². The van der Waals surface area contributed by atoms with Crippen LogP contribution in [0.4, 0.5) is 4.79 Å². The number of rotatable bonds is 12. The minimum absolute atomic E-state index is 0.00867. The number of halogens is 1. The molecule has 1 aromatic rings. The maximum Gasteiger partial charge on any atom is 0.407 e. The van der Waals surface area contributed by atoms with Gasteiger partial charge in [0.2, 0.25) is 17.6 Å². The third-order valence-electron chi connectivity index (χ3n) is 9.38. The van der Waals surface area contributed by atoms with Crippen molar-refractivity contribution in [3.05, 3.63) is 34.9 Å². The summed E-state index contributed by atoms with van der Waals surface area (Å²) in [6.07, 6.45) is 4.54. The maximum atomic E-state index is 14.5. The molecule has 2 saturated heterocycles. The lowest BCUT2D eigenvalue weighted by Crippen LogP contribution is -2.59. The fourth-order valence-corrected chi connectivity index (χ4v) is 6.69. The quantitative estimate of drug-likeness (QED) is 0.278. The Morgan fingerprint density at radius 1 is 1.12 bits per heavy atom. The SMILES string of the molecule is CCC[C@H](NC(=O)[C@@H]1C[C@]2(CC(c3cccc(Cl)c3)=NO2)CN1C(=O)[C@@H](NC(=O)OCC1CCCCO1)C(C)(C)C)C(=O)C(=O)NC1CC1. The highest BCUT2D eigenvalue weighted by atomic mass is 35.5. The van der Waals surface area contributed by atoms with Crippen LogP contribution in [0.1, 0.15) is 91.0 Å². The normalized spacial score (nSPS) is 24.8. The van der Waals surface area contributed by atoms with Gasteiger partial charge in [0.1, 0.15) is 18.7 Å². The molecule has 14 heteroatoms. The molecule has 1 aromatic carbocycles. The lowest BCUT2D eigenvalue weighted by Gasteiger charge is -2.35. The molecule has 1 aliphatic carbocycles. The second kappa shape index (κ2) is 15.5. The van der Waals surface area contributed by atoms with Crippen molar-refractivity contribution in [2.75, 3.05) is 19.8 Å². The van der Waals surface area contributed by atoms with Crippen molar-refractivity contribution >= 4 is 46.9 Å². The Balaban J connectivity index is 1.36. The molecular weight excluding hydrogens is 654 g/mol. The second-order valence-electron chi connectivity index (χ2n) is 14.7. The third-order valence-corrected chi connectivity index (χ3v) is 9.61. The first-order valence-corrected chi connectivity index (χ1v) is 17.7. The summed E-state index contributed by atoms with van der Waals surface area (Å²) in [7, 11) is 0. The van der Waals surface area contributed by atoms with Crippen molar-refractivity contribution in [2.24, 2.45) is 10.6 Å². The molecule has 4 aliphatic rings. The highest BCUT2D eigenvalue weighted by Gasteiger charge is 2.55. The number of hydrogen-bond donors (Lipinski definition) is 3. The average Bonchev–Trinajstić information content (AvgIpc) is 3.66. The van der Waals surface area contributed by atoms with E-state index in [1.807, 2.05) is 33.8 Å². The van der Waals surface area contributed by atoms with Crippen molar-refractivity contribution in [1.82, 2.24) is 20.9 Å². The monoisotopic (exact) mass is 701 g/mol. The molecule has 0 aromatic heterocycles. The predicted octanol–water partition coefficient (Wildman–Crippen LogP) is 3.65. The summed E-state index contributed by atoms with van der Waals surface area (Å²) in [5.41, 5.74) is -0.464. The van der Waals surface area contributed by atoms with Crippen LogP contribution in [-0.4, -0.2) is 95.8 Å². The van der Waals surface area contributed by atoms with Crippen molar-refractivity contribution in [1.29, 1.82) is 0 Å². The molecule has 3 heterocycles. The lowest BCUT2D eigenvalue weighted by molar-refractivity contribution is -0.144. The van der Waals surface area contributed by atoms with E-state index in [4.69, 9.17) is 25.9 Å². The molecule has 0 bridgehead atoms. The van der Waals surface area contributed by atoms with Gasteiger partial charge in [-0.25, -0.2) is 4.79 Å². The molecule has 1 spiro atoms. The Labute approximate surface area is 292 Å². The molecule has 5 rings (SSSR count). The van der Waals surface area contributed by atoms with Gasteiger partial charge in [0.05, 0.1) is 24.4 Å². The van der Waals surface area contributed by atoms with Crippen LogP contribution in [0, 0.1) is 5.41 Å². The van der Waals surface area contributed by atoms with Crippen LogP contribution in [0.5, 0.6) is 0 Å². The minimum Gasteiger partial charge on any atom is -0.447 e. The van der Waals surface area contributed by atoms with Crippen LogP contribution in [0.15, 0.2) is 29.4 Å². The largest absolute Gasteiger partial charge is 0.447 e. The number of ketones is 1. The van der Waals surface area contributed by atoms with Gasteiger partial charge in [-0.3, -0.25) is 19.2 Å². The Kier molecular flexibility index (Phi) is 11.5. The summed E-state index contributed by atoms with van der Waals surface area (Å²) >= 11 is 6.23. The Morgan fingerprint density at radius 2 is 1.90 bits per heavy atom. The van der Waals surface area contributed by atoms with E-state index in [9.17, 15) is 24.0 Å². The van der Waals surface area contributed by atoms with Gasteiger partial charge in [-0.2, -0.15) is 0 Å². The molecule has 3 aliphatic heterocycles. The number of ether oxygens (including phenoxy) is 2. The topological polar surface area (TPSA) is 165 Å². The van der Waals surface area contributed by atoms with Crippen molar-refractivity contribution < 1.29 is 38.3 Å². The summed E-state index contributed by atoms with van der Waals surface area (Å²) < 4.78 is 11.1. The Morgan fingerprint density at radius 3 is 2.55 bits per heavy atom. The van der Waals surface area contributed by atoms with E-state index in [-0.39, 0.29) is 38.1 Å². The Hall–Kier alpha value is -3.71. The molecular formula is C35H48ClN5O8. The van der Waals surface area contributed by atoms with E-state index in [0.29, 0.717) is 30.2 Å². The zero-order valence-electron chi connectivity index (χ0n) is 28.7. The number of carbonyl (C=O) groups excluding carboxylic acids is 5. The number of hydrogen-bond acceptors (Lipinski definition) is 9. The first-order valence-electron chi connectivity index (χ1n) is 17.3. The van der Waals surface area contributed by atoms with Gasteiger partial charge in [0.15, 0.2) is 5.60 Å². The second-order valence-corrected chi connectivity index (χ2v) is 15.1. The number of nitrogens with zero attached hydrogens (tertiary/aromatic N) is 2. The molecule has 4 amide bonds. The number of nitrogens with one attached hydrogen (secondary N) is 3. The predicted molar refractivity (Wildman–Crippen MR) is 181 cm³/mol. The summed E-state index contributed by atoms with van der Waals surface area (Å²) in [5.74, 6) is -2.57. The van der Waals surface area contributed by atoms with E-state index < -0.39 is 58.7 Å². The van der Waals surface area contributed by atoms with Crippen LogP contribution in [-0.2, 0) is 33.5 Å². The van der Waals surface area contributed by atoms with Crippen LogP contribution in [0.3, 0.4) is 0 Å². The van der Waals surface area contributed by atoms with E-state index in [0.717, 1.165) is 37.7 Å². The van der Waals surface area contributed by atoms with E-state index in [1.54, 1.807) is 18.2 Å². The number of alkyl carbamates (subject to hydrolysis) is 1. The number of Topliss-reactive ketones (excluding diaryl/α,β-unsaturated/α-hetero) is 1. The van der Waals surface area contributed by atoms with E-state index >= 15 is 0 Å².